The monoisotopic (exact) mass is 322 g/mol. The van der Waals surface area contributed by atoms with Crippen LogP contribution in [0.15, 0.2) is 24.3 Å². The zero-order valence-corrected chi connectivity index (χ0v) is 11.5. The van der Waals surface area contributed by atoms with E-state index in [-0.39, 0.29) is 6.42 Å². The first-order chi connectivity index (χ1) is 10.1. The van der Waals surface area contributed by atoms with Crippen LogP contribution in [-0.2, 0) is 11.2 Å². The standard InChI is InChI=1S/C14H15F5N2O/c15-13(16)7-11(20-8-13)12(22)21-10-3-1-2-9(6-10)4-5-14(17,18)19/h1-3,6,11,20H,4-5,7-8H2,(H,21,22). The lowest BCUT2D eigenvalue weighted by Crippen LogP contribution is -2.35. The molecule has 1 fully saturated rings. The second-order valence-electron chi connectivity index (χ2n) is 5.30. The number of aryl methyl sites for hydroxylation is 1. The molecule has 0 aliphatic carbocycles. The summed E-state index contributed by atoms with van der Waals surface area (Å²) >= 11 is 0. The Morgan fingerprint density at radius 1 is 1.36 bits per heavy atom. The molecule has 1 aliphatic heterocycles. The second-order valence-corrected chi connectivity index (χ2v) is 5.30. The number of rotatable bonds is 4. The summed E-state index contributed by atoms with van der Waals surface area (Å²) in [6.45, 7) is -0.559. The van der Waals surface area contributed by atoms with Gasteiger partial charge in [-0.3, -0.25) is 10.1 Å². The van der Waals surface area contributed by atoms with Crippen molar-refractivity contribution in [3.63, 3.8) is 0 Å². The summed E-state index contributed by atoms with van der Waals surface area (Å²) in [7, 11) is 0. The number of carbonyl (C=O) groups excluding carboxylic acids is 1. The van der Waals surface area contributed by atoms with Gasteiger partial charge in [0.1, 0.15) is 0 Å². The van der Waals surface area contributed by atoms with Crippen molar-refractivity contribution < 1.29 is 26.7 Å². The number of amides is 1. The van der Waals surface area contributed by atoms with E-state index in [0.717, 1.165) is 0 Å². The number of hydrogen-bond donors (Lipinski definition) is 2. The summed E-state index contributed by atoms with van der Waals surface area (Å²) in [5, 5.41) is 4.86. The van der Waals surface area contributed by atoms with Gasteiger partial charge in [-0.2, -0.15) is 13.2 Å². The SMILES string of the molecule is O=C(Nc1cccc(CCC(F)(F)F)c1)C1CC(F)(F)CN1. The van der Waals surface area contributed by atoms with Gasteiger partial charge in [-0.15, -0.1) is 0 Å². The van der Waals surface area contributed by atoms with Crippen LogP contribution >= 0.6 is 0 Å². The van der Waals surface area contributed by atoms with Crippen molar-refractivity contribution in [2.75, 3.05) is 11.9 Å². The van der Waals surface area contributed by atoms with Gasteiger partial charge in [0.05, 0.1) is 12.6 Å². The quantitative estimate of drug-likeness (QED) is 0.836. The highest BCUT2D eigenvalue weighted by atomic mass is 19.4. The van der Waals surface area contributed by atoms with Crippen LogP contribution in [0, 0.1) is 0 Å². The predicted molar refractivity (Wildman–Crippen MR) is 70.8 cm³/mol. The Morgan fingerprint density at radius 2 is 2.09 bits per heavy atom. The summed E-state index contributed by atoms with van der Waals surface area (Å²) in [6, 6.07) is 4.94. The maximum atomic E-state index is 13.0. The Hall–Kier alpha value is -1.70. The van der Waals surface area contributed by atoms with Crippen LogP contribution in [0.5, 0.6) is 0 Å². The molecule has 0 radical (unpaired) electrons. The third-order valence-corrected chi connectivity index (χ3v) is 3.32. The zero-order chi connectivity index (χ0) is 16.4. The highest BCUT2D eigenvalue weighted by Gasteiger charge is 2.42. The van der Waals surface area contributed by atoms with E-state index in [4.69, 9.17) is 0 Å². The van der Waals surface area contributed by atoms with Crippen LogP contribution in [0.25, 0.3) is 0 Å². The number of nitrogens with one attached hydrogen (secondary N) is 2. The Bertz CT molecular complexity index is 544. The number of anilines is 1. The van der Waals surface area contributed by atoms with Gasteiger partial charge in [0, 0.05) is 18.5 Å². The first-order valence-electron chi connectivity index (χ1n) is 6.72. The normalized spacial score (nSPS) is 20.9. The Labute approximate surface area is 123 Å². The minimum absolute atomic E-state index is 0.201. The summed E-state index contributed by atoms with van der Waals surface area (Å²) in [5.74, 6) is -3.54. The molecule has 0 bridgehead atoms. The van der Waals surface area contributed by atoms with E-state index in [9.17, 15) is 26.7 Å². The minimum Gasteiger partial charge on any atom is -0.325 e. The van der Waals surface area contributed by atoms with Crippen molar-refractivity contribution in [1.82, 2.24) is 5.32 Å². The molecule has 1 aromatic carbocycles. The first-order valence-corrected chi connectivity index (χ1v) is 6.72. The molecule has 122 valence electrons. The van der Waals surface area contributed by atoms with E-state index in [2.05, 4.69) is 10.6 Å². The molecular weight excluding hydrogens is 307 g/mol. The van der Waals surface area contributed by atoms with Crippen molar-refractivity contribution in [2.45, 2.75) is 37.4 Å². The molecule has 1 aliphatic rings. The molecule has 22 heavy (non-hydrogen) atoms. The molecule has 1 aromatic rings. The fourth-order valence-electron chi connectivity index (χ4n) is 2.22. The third-order valence-electron chi connectivity index (χ3n) is 3.32. The lowest BCUT2D eigenvalue weighted by Gasteiger charge is -2.12. The average molecular weight is 322 g/mol. The topological polar surface area (TPSA) is 41.1 Å². The second kappa shape index (κ2) is 6.20. The molecular formula is C14H15F5N2O. The molecule has 1 amide bonds. The lowest BCUT2D eigenvalue weighted by atomic mass is 10.1. The Balaban J connectivity index is 1.94. The number of alkyl halides is 5. The first kappa shape index (κ1) is 16.7. The van der Waals surface area contributed by atoms with Crippen molar-refractivity contribution in [3.8, 4) is 0 Å². The van der Waals surface area contributed by atoms with Gasteiger partial charge < -0.3 is 5.32 Å². The molecule has 3 nitrogen and oxygen atoms in total. The zero-order valence-electron chi connectivity index (χ0n) is 11.5. The fraction of sp³-hybridized carbons (Fsp3) is 0.500. The highest BCUT2D eigenvalue weighted by molar-refractivity contribution is 5.95. The maximum absolute atomic E-state index is 13.0. The van der Waals surface area contributed by atoms with Crippen molar-refractivity contribution in [3.05, 3.63) is 29.8 Å². The van der Waals surface area contributed by atoms with E-state index in [1.165, 1.54) is 24.3 Å². The molecule has 0 aromatic heterocycles. The average Bonchev–Trinajstić information content (AvgIpc) is 2.77. The van der Waals surface area contributed by atoms with Crippen LogP contribution in [0.3, 0.4) is 0 Å². The van der Waals surface area contributed by atoms with E-state index in [1.807, 2.05) is 0 Å². The van der Waals surface area contributed by atoms with Gasteiger partial charge in [0.15, 0.2) is 0 Å². The number of benzene rings is 1. The molecule has 8 heteroatoms. The fourth-order valence-corrected chi connectivity index (χ4v) is 2.22. The van der Waals surface area contributed by atoms with Gasteiger partial charge in [-0.25, -0.2) is 8.78 Å². The Morgan fingerprint density at radius 3 is 2.68 bits per heavy atom. The molecule has 1 unspecified atom stereocenters. The summed E-state index contributed by atoms with van der Waals surface area (Å²) in [5.41, 5.74) is 0.710. The molecule has 2 N–H and O–H groups in total. The number of carbonyl (C=O) groups is 1. The van der Waals surface area contributed by atoms with Crippen LogP contribution < -0.4 is 10.6 Å². The number of halogens is 5. The smallest absolute Gasteiger partial charge is 0.325 e. The van der Waals surface area contributed by atoms with Crippen molar-refractivity contribution in [2.24, 2.45) is 0 Å². The summed E-state index contributed by atoms with van der Waals surface area (Å²) in [6.07, 6.45) is -6.00. The van der Waals surface area contributed by atoms with E-state index in [1.54, 1.807) is 0 Å². The van der Waals surface area contributed by atoms with Crippen LogP contribution in [0.2, 0.25) is 0 Å². The molecule has 0 spiro atoms. The minimum atomic E-state index is -4.25. The van der Waals surface area contributed by atoms with E-state index in [0.29, 0.717) is 11.3 Å². The van der Waals surface area contributed by atoms with Crippen LogP contribution in [0.4, 0.5) is 27.6 Å². The molecule has 2 rings (SSSR count). The van der Waals surface area contributed by atoms with Crippen LogP contribution in [0.1, 0.15) is 18.4 Å². The predicted octanol–water partition coefficient (Wildman–Crippen LogP) is 3.12. The summed E-state index contributed by atoms with van der Waals surface area (Å²) < 4.78 is 62.6. The number of hydrogen-bond acceptors (Lipinski definition) is 2. The summed E-state index contributed by atoms with van der Waals surface area (Å²) in [4.78, 5) is 11.8. The van der Waals surface area contributed by atoms with Crippen LogP contribution in [-0.4, -0.2) is 30.6 Å². The molecule has 1 saturated heterocycles. The largest absolute Gasteiger partial charge is 0.389 e. The maximum Gasteiger partial charge on any atom is 0.389 e. The lowest BCUT2D eigenvalue weighted by molar-refractivity contribution is -0.134. The molecule has 0 saturated carbocycles. The van der Waals surface area contributed by atoms with Crippen molar-refractivity contribution >= 4 is 11.6 Å². The Kier molecular flexibility index (Phi) is 4.69. The van der Waals surface area contributed by atoms with Crippen molar-refractivity contribution in [1.29, 1.82) is 0 Å². The van der Waals surface area contributed by atoms with Gasteiger partial charge in [-0.1, -0.05) is 12.1 Å². The molecule has 1 heterocycles. The van der Waals surface area contributed by atoms with Gasteiger partial charge in [-0.05, 0) is 24.1 Å². The van der Waals surface area contributed by atoms with E-state index < -0.39 is 43.4 Å². The molecule has 1 atom stereocenters. The van der Waals surface area contributed by atoms with Gasteiger partial charge in [0.2, 0.25) is 5.91 Å². The van der Waals surface area contributed by atoms with E-state index >= 15 is 0 Å². The van der Waals surface area contributed by atoms with Gasteiger partial charge in [0.25, 0.3) is 5.92 Å². The highest BCUT2D eigenvalue weighted by Crippen LogP contribution is 2.26. The van der Waals surface area contributed by atoms with Gasteiger partial charge >= 0.3 is 6.18 Å². The third kappa shape index (κ3) is 4.94.